The Bertz CT molecular complexity index is 1270. The highest BCUT2D eigenvalue weighted by Crippen LogP contribution is 2.35. The van der Waals surface area contributed by atoms with E-state index in [4.69, 9.17) is 0 Å². The molecule has 32 heavy (non-hydrogen) atoms. The summed E-state index contributed by atoms with van der Waals surface area (Å²) < 4.78 is 86.1. The number of benzene rings is 4. The molecule has 4 aromatic rings. The lowest BCUT2D eigenvalue weighted by molar-refractivity contribution is -0.0546. The van der Waals surface area contributed by atoms with E-state index in [1.807, 2.05) is 31.2 Å². The zero-order chi connectivity index (χ0) is 23.0. The number of hydrogen-bond donors (Lipinski definition) is 0. The van der Waals surface area contributed by atoms with Gasteiger partial charge in [0.1, 0.15) is 11.6 Å². The van der Waals surface area contributed by atoms with Gasteiger partial charge in [-0.25, -0.2) is 17.6 Å². The normalized spacial score (nSPS) is 11.4. The molecule has 0 heterocycles. The fourth-order valence-electron chi connectivity index (χ4n) is 3.62. The van der Waals surface area contributed by atoms with Crippen LogP contribution >= 0.6 is 0 Å². The molecule has 1 nitrogen and oxygen atoms in total. The van der Waals surface area contributed by atoms with Crippen LogP contribution in [0.5, 0.6) is 5.75 Å². The number of hydrogen-bond acceptors (Lipinski definition) is 1. The van der Waals surface area contributed by atoms with Gasteiger partial charge in [-0.15, -0.1) is 0 Å². The van der Waals surface area contributed by atoms with Crippen molar-refractivity contribution in [2.45, 2.75) is 20.0 Å². The third-order valence-electron chi connectivity index (χ3n) is 5.18. The maximum Gasteiger partial charge on any atom is 0.387 e. The maximum atomic E-state index is 14.8. The predicted molar refractivity (Wildman–Crippen MR) is 111 cm³/mol. The molecule has 164 valence electrons. The molecule has 0 bridgehead atoms. The Balaban J connectivity index is 1.75. The van der Waals surface area contributed by atoms with Gasteiger partial charge in [0, 0.05) is 0 Å². The zero-order valence-corrected chi connectivity index (χ0v) is 16.7. The molecule has 0 aliphatic rings. The summed E-state index contributed by atoms with van der Waals surface area (Å²) in [6, 6.07) is 14.5. The molecule has 0 N–H and O–H groups in total. The van der Waals surface area contributed by atoms with Crippen LogP contribution in [0.3, 0.4) is 0 Å². The van der Waals surface area contributed by atoms with Crippen LogP contribution in [-0.4, -0.2) is 6.61 Å². The fourth-order valence-corrected chi connectivity index (χ4v) is 3.62. The highest BCUT2D eigenvalue weighted by Gasteiger charge is 2.21. The van der Waals surface area contributed by atoms with Crippen LogP contribution in [0.1, 0.15) is 12.5 Å². The molecule has 0 aromatic heterocycles. The Hall–Kier alpha value is -3.48. The van der Waals surface area contributed by atoms with Crippen LogP contribution in [0, 0.1) is 23.3 Å². The van der Waals surface area contributed by atoms with E-state index in [-0.39, 0.29) is 5.56 Å². The van der Waals surface area contributed by atoms with E-state index in [2.05, 4.69) is 4.74 Å². The molecule has 0 amide bonds. The van der Waals surface area contributed by atoms with Crippen molar-refractivity contribution >= 4 is 10.8 Å². The molecule has 0 fully saturated rings. The van der Waals surface area contributed by atoms with E-state index in [0.29, 0.717) is 17.7 Å². The van der Waals surface area contributed by atoms with Crippen LogP contribution < -0.4 is 4.74 Å². The monoisotopic (exact) mass is 446 g/mol. The highest BCUT2D eigenvalue weighted by molar-refractivity contribution is 5.88. The second kappa shape index (κ2) is 8.57. The van der Waals surface area contributed by atoms with Crippen molar-refractivity contribution in [2.24, 2.45) is 0 Å². The lowest BCUT2D eigenvalue weighted by Gasteiger charge is -2.12. The average Bonchev–Trinajstić information content (AvgIpc) is 2.75. The molecule has 0 aliphatic heterocycles. The number of fused-ring (bicyclic) bond motifs is 1. The van der Waals surface area contributed by atoms with Gasteiger partial charge in [-0.1, -0.05) is 37.3 Å². The smallest absolute Gasteiger partial charge is 0.387 e. The predicted octanol–water partition coefficient (Wildman–Crippen LogP) is 7.89. The molecule has 0 radical (unpaired) electrons. The summed E-state index contributed by atoms with van der Waals surface area (Å²) in [7, 11) is 0. The van der Waals surface area contributed by atoms with E-state index in [9.17, 15) is 26.3 Å². The lowest BCUT2D eigenvalue weighted by Crippen LogP contribution is -2.06. The minimum absolute atomic E-state index is 0.240. The summed E-state index contributed by atoms with van der Waals surface area (Å²) in [6.45, 7) is -1.41. The van der Waals surface area contributed by atoms with Gasteiger partial charge in [-0.05, 0) is 69.8 Å². The summed E-state index contributed by atoms with van der Waals surface area (Å²) in [5, 5.41) is 1.88. The Morgan fingerprint density at radius 1 is 0.656 bits per heavy atom. The standard InChI is InChI=1S/C25H16F6O/c1-2-13-3-4-15-8-16(6-5-14(15)7-13)17-9-19(26)23(20(27)10-17)18-11-21(28)24(22(29)12-18)32-25(30)31/h3-12,25H,2H2,1H3. The minimum atomic E-state index is -3.45. The van der Waals surface area contributed by atoms with E-state index in [1.165, 1.54) is 0 Å². The van der Waals surface area contributed by atoms with Crippen LogP contribution in [0.15, 0.2) is 60.7 Å². The van der Waals surface area contributed by atoms with Crippen LogP contribution in [0.4, 0.5) is 26.3 Å². The molecule has 0 aliphatic carbocycles. The molecule has 0 unspecified atom stereocenters. The summed E-state index contributed by atoms with van der Waals surface area (Å²) >= 11 is 0. The Labute approximate surface area is 179 Å². The Morgan fingerprint density at radius 3 is 1.81 bits per heavy atom. The Kier molecular flexibility index (Phi) is 5.82. The average molecular weight is 446 g/mol. The van der Waals surface area contributed by atoms with Crippen LogP contribution in [-0.2, 0) is 6.42 Å². The topological polar surface area (TPSA) is 9.23 Å². The quantitative estimate of drug-likeness (QED) is 0.283. The van der Waals surface area contributed by atoms with Gasteiger partial charge in [-0.3, -0.25) is 0 Å². The summed E-state index contributed by atoms with van der Waals surface area (Å²) in [4.78, 5) is 0. The molecule has 0 saturated heterocycles. The SMILES string of the molecule is CCc1ccc2cc(-c3cc(F)c(-c4cc(F)c(OC(F)F)c(F)c4)c(F)c3)ccc2c1. The largest absolute Gasteiger partial charge is 0.429 e. The van der Waals surface area contributed by atoms with Gasteiger partial charge in [0.15, 0.2) is 17.4 Å². The molecular weight excluding hydrogens is 430 g/mol. The van der Waals surface area contributed by atoms with Crippen molar-refractivity contribution < 1.29 is 31.1 Å². The maximum absolute atomic E-state index is 14.8. The molecule has 0 spiro atoms. The van der Waals surface area contributed by atoms with Crippen LogP contribution in [0.2, 0.25) is 0 Å². The Morgan fingerprint density at radius 2 is 1.22 bits per heavy atom. The first-order valence-electron chi connectivity index (χ1n) is 9.73. The summed E-state index contributed by atoms with van der Waals surface area (Å²) in [5.74, 6) is -6.41. The molecule has 4 aromatic carbocycles. The van der Waals surface area contributed by atoms with Gasteiger partial charge < -0.3 is 4.74 Å². The van der Waals surface area contributed by atoms with Gasteiger partial charge in [0.2, 0.25) is 0 Å². The fraction of sp³-hybridized carbons (Fsp3) is 0.120. The molecular formula is C25H16F6O. The number of halogens is 6. The molecule has 0 atom stereocenters. The van der Waals surface area contributed by atoms with Gasteiger partial charge in [0.05, 0.1) is 5.56 Å². The molecule has 7 heteroatoms. The van der Waals surface area contributed by atoms with Gasteiger partial charge in [-0.2, -0.15) is 8.78 Å². The first-order valence-corrected chi connectivity index (χ1v) is 9.73. The summed E-state index contributed by atoms with van der Waals surface area (Å²) in [5.41, 5.74) is 0.807. The molecule has 0 saturated carbocycles. The number of rotatable bonds is 5. The van der Waals surface area contributed by atoms with E-state index in [0.717, 1.165) is 34.9 Å². The van der Waals surface area contributed by atoms with Crippen molar-refractivity contribution in [1.29, 1.82) is 0 Å². The van der Waals surface area contributed by atoms with E-state index >= 15 is 0 Å². The van der Waals surface area contributed by atoms with Gasteiger partial charge in [0.25, 0.3) is 0 Å². The van der Waals surface area contributed by atoms with Crippen molar-refractivity contribution in [2.75, 3.05) is 0 Å². The first-order chi connectivity index (χ1) is 15.3. The van der Waals surface area contributed by atoms with E-state index in [1.54, 1.807) is 12.1 Å². The highest BCUT2D eigenvalue weighted by atomic mass is 19.3. The summed E-state index contributed by atoms with van der Waals surface area (Å²) in [6.07, 6.45) is 0.881. The van der Waals surface area contributed by atoms with Crippen molar-refractivity contribution in [3.05, 3.63) is 89.5 Å². The lowest BCUT2D eigenvalue weighted by atomic mass is 9.96. The number of alkyl halides is 2. The third-order valence-corrected chi connectivity index (χ3v) is 5.18. The number of ether oxygens (including phenoxy) is 1. The van der Waals surface area contributed by atoms with Gasteiger partial charge >= 0.3 is 6.61 Å². The second-order valence-corrected chi connectivity index (χ2v) is 7.21. The van der Waals surface area contributed by atoms with Crippen molar-refractivity contribution in [3.8, 4) is 28.0 Å². The van der Waals surface area contributed by atoms with Crippen molar-refractivity contribution in [3.63, 3.8) is 0 Å². The number of aryl methyl sites for hydroxylation is 1. The molecule has 4 rings (SSSR count). The van der Waals surface area contributed by atoms with Crippen LogP contribution in [0.25, 0.3) is 33.0 Å². The third kappa shape index (κ3) is 4.15. The van der Waals surface area contributed by atoms with E-state index < -0.39 is 46.8 Å². The van der Waals surface area contributed by atoms with Crippen molar-refractivity contribution in [1.82, 2.24) is 0 Å². The minimum Gasteiger partial charge on any atom is -0.429 e. The first kappa shape index (κ1) is 21.7. The zero-order valence-electron chi connectivity index (χ0n) is 16.7. The second-order valence-electron chi connectivity index (χ2n) is 7.21.